The number of aliphatic carboxylic acids is 2. The molecule has 3 atom stereocenters. The van der Waals surface area contributed by atoms with Crippen LogP contribution >= 0.6 is 7.37 Å². The van der Waals surface area contributed by atoms with Gasteiger partial charge in [0.1, 0.15) is 0 Å². The molecule has 8 heteroatoms. The Hall–Kier alpha value is -1.69. The first kappa shape index (κ1) is 17.4. The van der Waals surface area contributed by atoms with Gasteiger partial charge in [-0.3, -0.25) is 14.2 Å². The molecule has 0 amide bonds. The fraction of sp³-hybridized carbons (Fsp3) is 0.385. The number of carboxylic acids is 2. The minimum Gasteiger partial charge on any atom is -0.481 e. The number of benzene rings is 1. The van der Waals surface area contributed by atoms with Gasteiger partial charge < -0.3 is 20.2 Å². The third kappa shape index (κ3) is 5.30. The molecule has 116 valence electrons. The lowest BCUT2D eigenvalue weighted by Crippen LogP contribution is -2.21. The second-order valence-corrected chi connectivity index (χ2v) is 7.06. The van der Waals surface area contributed by atoms with Crippen LogP contribution in [0.5, 0.6) is 0 Å². The highest BCUT2D eigenvalue weighted by Crippen LogP contribution is 2.55. The molecule has 0 aliphatic carbocycles. The van der Waals surface area contributed by atoms with Crippen LogP contribution in [-0.2, 0) is 14.2 Å². The Labute approximate surface area is 121 Å². The fourth-order valence-electron chi connectivity index (χ4n) is 1.86. The molecule has 0 bridgehead atoms. The average Bonchev–Trinajstić information content (AvgIpc) is 2.43. The summed E-state index contributed by atoms with van der Waals surface area (Å²) in [4.78, 5) is 31.4. The van der Waals surface area contributed by atoms with Crippen molar-refractivity contribution in [2.24, 2.45) is 5.92 Å². The van der Waals surface area contributed by atoms with Crippen LogP contribution in [-0.4, -0.2) is 38.3 Å². The zero-order valence-electron chi connectivity index (χ0n) is 11.1. The summed E-state index contributed by atoms with van der Waals surface area (Å²) >= 11 is 0. The predicted octanol–water partition coefficient (Wildman–Crippen LogP) is 1.51. The van der Waals surface area contributed by atoms with Gasteiger partial charge in [-0.15, -0.1) is 0 Å². The van der Waals surface area contributed by atoms with Gasteiger partial charge in [0, 0.05) is 12.6 Å². The van der Waals surface area contributed by atoms with Crippen LogP contribution in [0.25, 0.3) is 0 Å². The molecule has 1 aromatic rings. The highest BCUT2D eigenvalue weighted by atomic mass is 31.2. The van der Waals surface area contributed by atoms with E-state index in [4.69, 9.17) is 10.2 Å². The Balaban J connectivity index is 2.83. The largest absolute Gasteiger partial charge is 0.481 e. The fourth-order valence-corrected chi connectivity index (χ4v) is 3.67. The molecule has 21 heavy (non-hydrogen) atoms. The predicted molar refractivity (Wildman–Crippen MR) is 74.1 cm³/mol. The smallest absolute Gasteiger partial charge is 0.307 e. The first-order valence-corrected chi connectivity index (χ1v) is 8.14. The molecule has 1 rings (SSSR count). The Morgan fingerprint density at radius 3 is 2.19 bits per heavy atom. The topological polar surface area (TPSA) is 132 Å². The van der Waals surface area contributed by atoms with Crippen molar-refractivity contribution in [2.45, 2.75) is 18.7 Å². The summed E-state index contributed by atoms with van der Waals surface area (Å²) < 4.78 is 12.2. The van der Waals surface area contributed by atoms with Crippen molar-refractivity contribution in [2.75, 3.05) is 6.16 Å². The lowest BCUT2D eigenvalue weighted by atomic mass is 10.1. The van der Waals surface area contributed by atoms with Crippen LogP contribution in [0.3, 0.4) is 0 Å². The molecule has 1 unspecified atom stereocenters. The van der Waals surface area contributed by atoms with Gasteiger partial charge in [0.25, 0.3) is 0 Å². The van der Waals surface area contributed by atoms with E-state index in [-0.39, 0.29) is 12.0 Å². The van der Waals surface area contributed by atoms with E-state index in [1.54, 1.807) is 18.2 Å². The normalized spacial score (nSPS) is 16.7. The van der Waals surface area contributed by atoms with Gasteiger partial charge in [-0.25, -0.2) is 0 Å². The summed E-state index contributed by atoms with van der Waals surface area (Å²) in [5, 5.41) is 27.5. The van der Waals surface area contributed by atoms with E-state index in [0.717, 1.165) is 0 Å². The van der Waals surface area contributed by atoms with Crippen molar-refractivity contribution in [3.8, 4) is 0 Å². The second kappa shape index (κ2) is 7.36. The molecule has 0 fully saturated rings. The molecule has 4 N–H and O–H groups in total. The zero-order valence-corrected chi connectivity index (χ0v) is 12.0. The number of hydrogen-bond donors (Lipinski definition) is 4. The lowest BCUT2D eigenvalue weighted by Gasteiger charge is -2.21. The SMILES string of the molecule is O=C(O)CC[C@H](CP(=O)(O)[C@H](O)c1ccccc1)C(=O)O. The summed E-state index contributed by atoms with van der Waals surface area (Å²) in [6.07, 6.45) is -1.36. The molecule has 0 spiro atoms. The van der Waals surface area contributed by atoms with Gasteiger partial charge in [-0.05, 0) is 12.0 Å². The van der Waals surface area contributed by atoms with Crippen LogP contribution in [0.15, 0.2) is 30.3 Å². The highest BCUT2D eigenvalue weighted by molar-refractivity contribution is 7.58. The van der Waals surface area contributed by atoms with E-state index in [2.05, 4.69) is 0 Å². The quantitative estimate of drug-likeness (QED) is 0.534. The summed E-state index contributed by atoms with van der Waals surface area (Å²) in [6.45, 7) is 0. The van der Waals surface area contributed by atoms with E-state index < -0.39 is 43.7 Å². The van der Waals surface area contributed by atoms with Crippen molar-refractivity contribution < 1.29 is 34.4 Å². The number of rotatable bonds is 8. The van der Waals surface area contributed by atoms with Gasteiger partial charge >= 0.3 is 11.9 Å². The number of aliphatic hydroxyl groups is 1. The summed E-state index contributed by atoms with van der Waals surface area (Å²) in [6, 6.07) is 7.75. The average molecular weight is 316 g/mol. The van der Waals surface area contributed by atoms with E-state index in [0.29, 0.717) is 0 Å². The maximum Gasteiger partial charge on any atom is 0.307 e. The third-order valence-corrected chi connectivity index (χ3v) is 5.04. The van der Waals surface area contributed by atoms with Crippen LogP contribution in [0, 0.1) is 5.92 Å². The van der Waals surface area contributed by atoms with Gasteiger partial charge in [0.15, 0.2) is 5.85 Å². The van der Waals surface area contributed by atoms with Gasteiger partial charge in [0.05, 0.1) is 5.92 Å². The molecule has 0 aromatic heterocycles. The Bertz CT molecular complexity index is 543. The van der Waals surface area contributed by atoms with Crippen molar-refractivity contribution in [1.29, 1.82) is 0 Å². The molecule has 0 saturated heterocycles. The first-order valence-electron chi connectivity index (χ1n) is 6.23. The third-order valence-electron chi connectivity index (χ3n) is 3.02. The van der Waals surface area contributed by atoms with E-state index in [9.17, 15) is 24.2 Å². The molecule has 0 aliphatic rings. The Morgan fingerprint density at radius 1 is 1.14 bits per heavy atom. The molecular formula is C13H17O7P. The number of carbonyl (C=O) groups is 2. The molecule has 0 saturated carbocycles. The Kier molecular flexibility index (Phi) is 6.08. The summed E-state index contributed by atoms with van der Waals surface area (Å²) in [7, 11) is -4.19. The zero-order chi connectivity index (χ0) is 16.0. The van der Waals surface area contributed by atoms with Crippen LogP contribution in [0.1, 0.15) is 24.3 Å². The van der Waals surface area contributed by atoms with Crippen molar-refractivity contribution in [1.82, 2.24) is 0 Å². The molecular weight excluding hydrogens is 299 g/mol. The van der Waals surface area contributed by atoms with Crippen LogP contribution in [0.2, 0.25) is 0 Å². The van der Waals surface area contributed by atoms with E-state index >= 15 is 0 Å². The highest BCUT2D eigenvalue weighted by Gasteiger charge is 2.36. The summed E-state index contributed by atoms with van der Waals surface area (Å²) in [5.41, 5.74) is 0.214. The Morgan fingerprint density at radius 2 is 1.71 bits per heavy atom. The maximum atomic E-state index is 12.2. The maximum absolute atomic E-state index is 12.2. The van der Waals surface area contributed by atoms with Gasteiger partial charge in [0.2, 0.25) is 7.37 Å². The molecule has 0 aliphatic heterocycles. The van der Waals surface area contributed by atoms with Crippen LogP contribution in [0.4, 0.5) is 0 Å². The standard InChI is InChI=1S/C13H17O7P/c14-11(15)7-6-10(12(16)17)8-21(19,20)13(18)9-4-2-1-3-5-9/h1-5,10,13,18H,6-8H2,(H,14,15)(H,16,17)(H,19,20)/t10-,13+/m1/s1. The van der Waals surface area contributed by atoms with Crippen LogP contribution < -0.4 is 0 Å². The van der Waals surface area contributed by atoms with Gasteiger partial charge in [-0.1, -0.05) is 30.3 Å². The molecule has 0 radical (unpaired) electrons. The minimum absolute atomic E-state index is 0.214. The van der Waals surface area contributed by atoms with E-state index in [1.165, 1.54) is 12.1 Å². The number of hydrogen-bond acceptors (Lipinski definition) is 4. The number of carboxylic acid groups (broad SMARTS) is 2. The van der Waals surface area contributed by atoms with E-state index in [1.807, 2.05) is 0 Å². The van der Waals surface area contributed by atoms with Crippen molar-refractivity contribution >= 4 is 19.3 Å². The monoisotopic (exact) mass is 316 g/mol. The molecule has 7 nitrogen and oxygen atoms in total. The first-order chi connectivity index (χ1) is 9.74. The van der Waals surface area contributed by atoms with Crippen molar-refractivity contribution in [3.63, 3.8) is 0 Å². The molecule has 0 heterocycles. The van der Waals surface area contributed by atoms with Gasteiger partial charge in [-0.2, -0.15) is 0 Å². The number of aliphatic hydroxyl groups excluding tert-OH is 1. The minimum atomic E-state index is -4.19. The summed E-state index contributed by atoms with van der Waals surface area (Å²) in [5.74, 6) is -5.52. The van der Waals surface area contributed by atoms with Crippen molar-refractivity contribution in [3.05, 3.63) is 35.9 Å². The molecule has 1 aromatic carbocycles. The lowest BCUT2D eigenvalue weighted by molar-refractivity contribution is -0.142. The second-order valence-electron chi connectivity index (χ2n) is 4.69.